The molecule has 3 heterocycles. The highest BCUT2D eigenvalue weighted by Gasteiger charge is 2.52. The Kier molecular flexibility index (Phi) is 4.10. The van der Waals surface area contributed by atoms with Crippen LogP contribution in [0.25, 0.3) is 0 Å². The second-order valence-corrected chi connectivity index (χ2v) is 8.22. The van der Waals surface area contributed by atoms with Crippen molar-refractivity contribution in [1.29, 1.82) is 0 Å². The highest BCUT2D eigenvalue weighted by Crippen LogP contribution is 2.32. The standard InChI is InChI=1S/C17H27N3O3/c1-17(2,3)10-13(21)18-11-7-9-20-14(11)16(23)19-8-5-4-6-12(19)15(20)22/h11-12,14H,4-10H2,1-3H3,(H,18,21). The van der Waals surface area contributed by atoms with E-state index >= 15 is 0 Å². The topological polar surface area (TPSA) is 69.7 Å². The highest BCUT2D eigenvalue weighted by molar-refractivity contribution is 5.98. The molecule has 3 unspecified atom stereocenters. The molecular formula is C17H27N3O3. The molecule has 128 valence electrons. The maximum Gasteiger partial charge on any atom is 0.248 e. The van der Waals surface area contributed by atoms with Crippen LogP contribution in [0.15, 0.2) is 0 Å². The largest absolute Gasteiger partial charge is 0.351 e. The fourth-order valence-electron chi connectivity index (χ4n) is 4.05. The van der Waals surface area contributed by atoms with Crippen molar-refractivity contribution >= 4 is 17.7 Å². The van der Waals surface area contributed by atoms with Crippen molar-refractivity contribution < 1.29 is 14.4 Å². The molecule has 23 heavy (non-hydrogen) atoms. The van der Waals surface area contributed by atoms with Crippen LogP contribution in [0.5, 0.6) is 0 Å². The van der Waals surface area contributed by atoms with E-state index < -0.39 is 6.04 Å². The van der Waals surface area contributed by atoms with E-state index in [9.17, 15) is 14.4 Å². The molecule has 3 amide bonds. The smallest absolute Gasteiger partial charge is 0.248 e. The van der Waals surface area contributed by atoms with Crippen LogP contribution in [0.3, 0.4) is 0 Å². The molecule has 0 aromatic rings. The second kappa shape index (κ2) is 5.80. The summed E-state index contributed by atoms with van der Waals surface area (Å²) in [6.45, 7) is 7.28. The molecule has 3 aliphatic rings. The molecule has 0 aromatic heterocycles. The number of fused-ring (bicyclic) bond motifs is 2. The second-order valence-electron chi connectivity index (χ2n) is 8.22. The number of carbonyl (C=O) groups is 3. The summed E-state index contributed by atoms with van der Waals surface area (Å²) >= 11 is 0. The van der Waals surface area contributed by atoms with Crippen LogP contribution in [0.2, 0.25) is 0 Å². The van der Waals surface area contributed by atoms with Gasteiger partial charge in [0.1, 0.15) is 12.1 Å². The van der Waals surface area contributed by atoms with Gasteiger partial charge < -0.3 is 15.1 Å². The van der Waals surface area contributed by atoms with E-state index in [4.69, 9.17) is 0 Å². The van der Waals surface area contributed by atoms with E-state index in [1.807, 2.05) is 20.8 Å². The summed E-state index contributed by atoms with van der Waals surface area (Å²) in [5, 5.41) is 3.00. The number of amides is 3. The number of carbonyl (C=O) groups excluding carboxylic acids is 3. The maximum atomic E-state index is 12.8. The Hall–Kier alpha value is -1.59. The van der Waals surface area contributed by atoms with E-state index in [1.54, 1.807) is 9.80 Å². The van der Waals surface area contributed by atoms with Gasteiger partial charge in [0, 0.05) is 19.5 Å². The Labute approximate surface area is 137 Å². The Bertz CT molecular complexity index is 526. The van der Waals surface area contributed by atoms with Crippen molar-refractivity contribution in [2.45, 2.75) is 71.0 Å². The average molecular weight is 321 g/mol. The number of rotatable bonds is 2. The fourth-order valence-corrected chi connectivity index (χ4v) is 4.05. The van der Waals surface area contributed by atoms with Crippen LogP contribution in [0.4, 0.5) is 0 Å². The van der Waals surface area contributed by atoms with Gasteiger partial charge in [0.05, 0.1) is 6.04 Å². The van der Waals surface area contributed by atoms with E-state index in [1.165, 1.54) is 0 Å². The average Bonchev–Trinajstić information content (AvgIpc) is 2.87. The quantitative estimate of drug-likeness (QED) is 0.821. The Morgan fingerprint density at radius 2 is 1.83 bits per heavy atom. The molecular weight excluding hydrogens is 294 g/mol. The third kappa shape index (κ3) is 3.08. The predicted molar refractivity (Wildman–Crippen MR) is 85.5 cm³/mol. The molecule has 0 spiro atoms. The van der Waals surface area contributed by atoms with Gasteiger partial charge in [-0.05, 0) is 31.1 Å². The molecule has 3 saturated heterocycles. The van der Waals surface area contributed by atoms with Gasteiger partial charge in [0.2, 0.25) is 17.7 Å². The predicted octanol–water partition coefficient (Wildman–Crippen LogP) is 0.903. The molecule has 3 fully saturated rings. The molecule has 0 aliphatic carbocycles. The zero-order chi connectivity index (χ0) is 16.8. The van der Waals surface area contributed by atoms with Gasteiger partial charge in [0.25, 0.3) is 0 Å². The number of nitrogens with one attached hydrogen (secondary N) is 1. The number of hydrogen-bond acceptors (Lipinski definition) is 3. The summed E-state index contributed by atoms with van der Waals surface area (Å²) in [6, 6.07) is -1.01. The molecule has 1 N–H and O–H groups in total. The monoisotopic (exact) mass is 321 g/mol. The van der Waals surface area contributed by atoms with Crippen molar-refractivity contribution in [3.05, 3.63) is 0 Å². The number of hydrogen-bond donors (Lipinski definition) is 1. The van der Waals surface area contributed by atoms with Crippen molar-refractivity contribution in [3.8, 4) is 0 Å². The summed E-state index contributed by atoms with van der Waals surface area (Å²) < 4.78 is 0. The molecule has 6 nitrogen and oxygen atoms in total. The van der Waals surface area contributed by atoms with Crippen molar-refractivity contribution in [2.75, 3.05) is 13.1 Å². The molecule has 3 atom stereocenters. The summed E-state index contributed by atoms with van der Waals surface area (Å²) in [6.07, 6.45) is 3.83. The first-order valence-electron chi connectivity index (χ1n) is 8.68. The Balaban J connectivity index is 1.73. The van der Waals surface area contributed by atoms with Crippen LogP contribution in [0, 0.1) is 5.41 Å². The van der Waals surface area contributed by atoms with Gasteiger partial charge in [-0.3, -0.25) is 14.4 Å². The molecule has 0 bridgehead atoms. The van der Waals surface area contributed by atoms with Crippen LogP contribution in [-0.4, -0.2) is 58.7 Å². The summed E-state index contributed by atoms with van der Waals surface area (Å²) in [4.78, 5) is 41.2. The summed E-state index contributed by atoms with van der Waals surface area (Å²) in [5.41, 5.74) is -0.0905. The van der Waals surface area contributed by atoms with Gasteiger partial charge in [-0.15, -0.1) is 0 Å². The lowest BCUT2D eigenvalue weighted by Gasteiger charge is -2.45. The zero-order valence-electron chi connectivity index (χ0n) is 14.3. The lowest BCUT2D eigenvalue weighted by atomic mass is 9.91. The van der Waals surface area contributed by atoms with Gasteiger partial charge in [-0.25, -0.2) is 0 Å². The van der Waals surface area contributed by atoms with E-state index in [2.05, 4.69) is 5.32 Å². The van der Waals surface area contributed by atoms with Gasteiger partial charge in [-0.2, -0.15) is 0 Å². The normalized spacial score (nSPS) is 31.0. The highest BCUT2D eigenvalue weighted by atomic mass is 16.2. The summed E-state index contributed by atoms with van der Waals surface area (Å²) in [7, 11) is 0. The Morgan fingerprint density at radius 3 is 2.52 bits per heavy atom. The molecule has 0 radical (unpaired) electrons. The third-order valence-corrected chi connectivity index (χ3v) is 5.04. The minimum absolute atomic E-state index is 0.0212. The van der Waals surface area contributed by atoms with Crippen LogP contribution in [-0.2, 0) is 14.4 Å². The van der Waals surface area contributed by atoms with Crippen LogP contribution >= 0.6 is 0 Å². The first-order chi connectivity index (χ1) is 10.8. The zero-order valence-corrected chi connectivity index (χ0v) is 14.3. The van der Waals surface area contributed by atoms with Gasteiger partial charge >= 0.3 is 0 Å². The van der Waals surface area contributed by atoms with E-state index in [0.717, 1.165) is 19.3 Å². The Morgan fingerprint density at radius 1 is 1.09 bits per heavy atom. The molecule has 3 aliphatic heterocycles. The lowest BCUT2D eigenvalue weighted by Crippen LogP contribution is -2.67. The fraction of sp³-hybridized carbons (Fsp3) is 0.824. The van der Waals surface area contributed by atoms with Crippen molar-refractivity contribution in [2.24, 2.45) is 5.41 Å². The van der Waals surface area contributed by atoms with E-state index in [0.29, 0.717) is 25.9 Å². The number of nitrogens with zero attached hydrogens (tertiary/aromatic N) is 2. The molecule has 0 aromatic carbocycles. The van der Waals surface area contributed by atoms with Crippen molar-refractivity contribution in [3.63, 3.8) is 0 Å². The number of piperazine rings is 1. The molecule has 0 saturated carbocycles. The minimum atomic E-state index is -0.499. The van der Waals surface area contributed by atoms with E-state index in [-0.39, 0.29) is 35.2 Å². The minimum Gasteiger partial charge on any atom is -0.351 e. The van der Waals surface area contributed by atoms with Gasteiger partial charge in [0.15, 0.2) is 0 Å². The molecule has 6 heteroatoms. The maximum absolute atomic E-state index is 12.8. The first-order valence-corrected chi connectivity index (χ1v) is 8.68. The molecule has 3 rings (SSSR count). The van der Waals surface area contributed by atoms with Crippen LogP contribution < -0.4 is 5.32 Å². The summed E-state index contributed by atoms with van der Waals surface area (Å²) in [5.74, 6) is 0.0556. The number of piperidine rings is 1. The SMILES string of the molecule is CC(C)(C)CC(=O)NC1CCN2C(=O)C3CCCCN3C(=O)C12. The van der Waals surface area contributed by atoms with Crippen LogP contribution in [0.1, 0.15) is 52.9 Å². The third-order valence-electron chi connectivity index (χ3n) is 5.04. The lowest BCUT2D eigenvalue weighted by molar-refractivity contribution is -0.162. The first kappa shape index (κ1) is 16.3. The van der Waals surface area contributed by atoms with Gasteiger partial charge in [-0.1, -0.05) is 20.8 Å². The van der Waals surface area contributed by atoms with Crippen molar-refractivity contribution in [1.82, 2.24) is 15.1 Å².